The van der Waals surface area contributed by atoms with Crippen LogP contribution in [0.25, 0.3) is 0 Å². The molecule has 0 bridgehead atoms. The largest absolute Gasteiger partial charge is 0.480 e. The molecule has 0 aliphatic heterocycles. The number of carbonyl (C=O) groups excluding carboxylic acids is 4. The quantitative estimate of drug-likeness (QED) is 0.0963. The highest BCUT2D eigenvalue weighted by molar-refractivity contribution is 7.98. The van der Waals surface area contributed by atoms with Gasteiger partial charge in [-0.2, -0.15) is 11.8 Å². The number of amides is 4. The lowest BCUT2D eigenvalue weighted by molar-refractivity contribution is -0.143. The van der Waals surface area contributed by atoms with Crippen LogP contribution >= 0.6 is 11.8 Å². The third kappa shape index (κ3) is 11.8. The van der Waals surface area contributed by atoms with Crippen molar-refractivity contribution in [1.82, 2.24) is 16.0 Å². The van der Waals surface area contributed by atoms with Crippen LogP contribution in [0.5, 0.6) is 0 Å². The average Bonchev–Trinajstić information content (AvgIpc) is 2.73. The van der Waals surface area contributed by atoms with Crippen LogP contribution in [-0.4, -0.2) is 89.1 Å². The second-order valence-corrected chi connectivity index (χ2v) is 8.03. The van der Waals surface area contributed by atoms with Crippen LogP contribution in [0, 0.1) is 0 Å². The highest BCUT2D eigenvalue weighted by Crippen LogP contribution is 2.03. The number of nitrogens with two attached hydrogens (primary N) is 3. The summed E-state index contributed by atoms with van der Waals surface area (Å²) in [6.45, 7) is -0.485. The normalized spacial score (nSPS) is 14.5. The monoisotopic (exact) mass is 478 g/mol. The topological polar surface area (TPSA) is 240 Å². The smallest absolute Gasteiger partial charge is 0.326 e. The minimum Gasteiger partial charge on any atom is -0.480 e. The van der Waals surface area contributed by atoms with Gasteiger partial charge in [0.25, 0.3) is 0 Å². The Balaban J connectivity index is 5.15. The highest BCUT2D eigenvalue weighted by Gasteiger charge is 2.30. The van der Waals surface area contributed by atoms with Gasteiger partial charge >= 0.3 is 5.97 Å². The molecule has 0 fully saturated rings. The zero-order valence-electron chi connectivity index (χ0n) is 18.0. The van der Waals surface area contributed by atoms with Gasteiger partial charge in [-0.25, -0.2) is 4.79 Å². The summed E-state index contributed by atoms with van der Waals surface area (Å²) >= 11 is 1.48. The molecule has 0 aromatic heterocycles. The fourth-order valence-electron chi connectivity index (χ4n) is 2.55. The van der Waals surface area contributed by atoms with Crippen LogP contribution < -0.4 is 33.2 Å². The maximum Gasteiger partial charge on any atom is 0.326 e. The molecule has 0 aromatic rings. The van der Waals surface area contributed by atoms with Gasteiger partial charge in [-0.15, -0.1) is 0 Å². The molecule has 0 heterocycles. The Labute approximate surface area is 190 Å². The number of hydrogen-bond acceptors (Lipinski definition) is 9. The van der Waals surface area contributed by atoms with E-state index in [1.807, 2.05) is 6.26 Å². The fourth-order valence-corrected chi connectivity index (χ4v) is 3.04. The molecule has 14 heteroatoms. The van der Waals surface area contributed by atoms with Crippen molar-refractivity contribution in [2.45, 2.75) is 56.3 Å². The van der Waals surface area contributed by atoms with Crippen molar-refractivity contribution in [3.05, 3.63) is 0 Å². The molecule has 11 N–H and O–H groups in total. The Bertz CT molecular complexity index is 651. The second kappa shape index (κ2) is 16.2. The summed E-state index contributed by atoms with van der Waals surface area (Å²) < 4.78 is 0. The number of aliphatic hydroxyl groups excluding tert-OH is 1. The van der Waals surface area contributed by atoms with Gasteiger partial charge in [-0.1, -0.05) is 0 Å². The Morgan fingerprint density at radius 1 is 0.906 bits per heavy atom. The third-order valence-corrected chi connectivity index (χ3v) is 5.03. The number of rotatable bonds is 17. The van der Waals surface area contributed by atoms with Gasteiger partial charge in [0.05, 0.1) is 19.1 Å². The summed E-state index contributed by atoms with van der Waals surface area (Å²) in [5, 5.41) is 25.5. The Morgan fingerprint density at radius 3 is 1.97 bits per heavy atom. The molecular formula is C18H34N6O7S. The number of thioether (sulfide) groups is 1. The molecule has 0 aliphatic carbocycles. The predicted octanol–water partition coefficient (Wildman–Crippen LogP) is -3.40. The first-order valence-corrected chi connectivity index (χ1v) is 11.4. The van der Waals surface area contributed by atoms with Crippen molar-refractivity contribution in [3.63, 3.8) is 0 Å². The van der Waals surface area contributed by atoms with E-state index in [0.717, 1.165) is 0 Å². The Kier molecular flexibility index (Phi) is 15.0. The van der Waals surface area contributed by atoms with Crippen LogP contribution in [-0.2, 0) is 24.0 Å². The van der Waals surface area contributed by atoms with E-state index >= 15 is 0 Å². The predicted molar refractivity (Wildman–Crippen MR) is 118 cm³/mol. The maximum absolute atomic E-state index is 12.6. The van der Waals surface area contributed by atoms with Crippen LogP contribution in [0.1, 0.15) is 32.1 Å². The molecule has 0 aromatic carbocycles. The minimum atomic E-state index is -1.52. The van der Waals surface area contributed by atoms with Crippen molar-refractivity contribution in [3.8, 4) is 0 Å². The summed E-state index contributed by atoms with van der Waals surface area (Å²) in [7, 11) is 0. The first-order valence-electron chi connectivity index (χ1n) is 10.0. The van der Waals surface area contributed by atoms with Gasteiger partial charge in [0, 0.05) is 0 Å². The van der Waals surface area contributed by atoms with Gasteiger partial charge in [0.15, 0.2) is 0 Å². The molecule has 184 valence electrons. The van der Waals surface area contributed by atoms with Crippen molar-refractivity contribution in [2.24, 2.45) is 17.2 Å². The van der Waals surface area contributed by atoms with Crippen LogP contribution in [0.15, 0.2) is 0 Å². The SMILES string of the molecule is CSCCC(N)C(=O)NC(CC(N)=O)C(=O)NC(CO)C(=O)NC(CCCCN)C(=O)O. The van der Waals surface area contributed by atoms with E-state index in [1.165, 1.54) is 11.8 Å². The Hall–Kier alpha value is -2.42. The van der Waals surface area contributed by atoms with E-state index in [0.29, 0.717) is 31.6 Å². The van der Waals surface area contributed by atoms with E-state index in [1.54, 1.807) is 0 Å². The minimum absolute atomic E-state index is 0.110. The lowest BCUT2D eigenvalue weighted by Crippen LogP contribution is -2.58. The maximum atomic E-state index is 12.6. The third-order valence-electron chi connectivity index (χ3n) is 4.39. The van der Waals surface area contributed by atoms with Gasteiger partial charge < -0.3 is 43.4 Å². The number of carboxylic acids is 1. The van der Waals surface area contributed by atoms with Crippen molar-refractivity contribution < 1.29 is 34.2 Å². The summed E-state index contributed by atoms with van der Waals surface area (Å²) in [6.07, 6.45) is 2.73. The second-order valence-electron chi connectivity index (χ2n) is 7.05. The highest BCUT2D eigenvalue weighted by atomic mass is 32.2. The van der Waals surface area contributed by atoms with Gasteiger partial charge in [0.1, 0.15) is 18.1 Å². The molecule has 0 saturated carbocycles. The molecule has 13 nitrogen and oxygen atoms in total. The fraction of sp³-hybridized carbons (Fsp3) is 0.722. The lowest BCUT2D eigenvalue weighted by Gasteiger charge is -2.23. The molecule has 32 heavy (non-hydrogen) atoms. The molecule has 0 aliphatic rings. The molecule has 0 rings (SSSR count). The molecule has 4 atom stereocenters. The van der Waals surface area contributed by atoms with E-state index in [9.17, 15) is 34.2 Å². The number of aliphatic carboxylic acids is 1. The van der Waals surface area contributed by atoms with E-state index < -0.39 is 66.8 Å². The first kappa shape index (κ1) is 29.6. The van der Waals surface area contributed by atoms with Crippen LogP contribution in [0.2, 0.25) is 0 Å². The standard InChI is InChI=1S/C18H34N6O7S/c1-32-7-5-10(20)15(27)23-12(8-14(21)26)16(28)24-13(9-25)17(29)22-11(18(30)31)4-2-3-6-19/h10-13,25H,2-9,19-20H2,1H3,(H2,21,26)(H,22,29)(H,23,27)(H,24,28)(H,30,31). The summed E-state index contributed by atoms with van der Waals surface area (Å²) in [5.74, 6) is -4.16. The molecule has 0 radical (unpaired) electrons. The van der Waals surface area contributed by atoms with Crippen molar-refractivity contribution >= 4 is 41.4 Å². The molecule has 0 saturated heterocycles. The summed E-state index contributed by atoms with van der Waals surface area (Å²) in [6, 6.07) is -5.11. The molecular weight excluding hydrogens is 444 g/mol. The number of carboxylic acid groups (broad SMARTS) is 1. The molecule has 4 amide bonds. The van der Waals surface area contributed by atoms with E-state index in [4.69, 9.17) is 17.2 Å². The zero-order chi connectivity index (χ0) is 24.7. The Morgan fingerprint density at radius 2 is 1.47 bits per heavy atom. The zero-order valence-corrected chi connectivity index (χ0v) is 18.9. The van der Waals surface area contributed by atoms with Gasteiger partial charge in [0.2, 0.25) is 23.6 Å². The number of carbonyl (C=O) groups is 5. The van der Waals surface area contributed by atoms with Crippen LogP contribution in [0.4, 0.5) is 0 Å². The lowest BCUT2D eigenvalue weighted by atomic mass is 10.1. The van der Waals surface area contributed by atoms with E-state index in [-0.39, 0.29) is 6.42 Å². The van der Waals surface area contributed by atoms with Crippen LogP contribution in [0.3, 0.4) is 0 Å². The summed E-state index contributed by atoms with van der Waals surface area (Å²) in [5.41, 5.74) is 16.3. The molecule has 4 unspecified atom stereocenters. The number of primary amides is 1. The van der Waals surface area contributed by atoms with Gasteiger partial charge in [-0.3, -0.25) is 19.2 Å². The summed E-state index contributed by atoms with van der Waals surface area (Å²) in [4.78, 5) is 59.8. The number of unbranched alkanes of at least 4 members (excludes halogenated alkanes) is 1. The number of nitrogens with one attached hydrogen (secondary N) is 3. The van der Waals surface area contributed by atoms with Crippen molar-refractivity contribution in [1.29, 1.82) is 0 Å². The van der Waals surface area contributed by atoms with E-state index in [2.05, 4.69) is 16.0 Å². The number of hydrogen-bond donors (Lipinski definition) is 8. The van der Waals surface area contributed by atoms with Crippen molar-refractivity contribution in [2.75, 3.05) is 25.2 Å². The first-order chi connectivity index (χ1) is 15.1. The van der Waals surface area contributed by atoms with Gasteiger partial charge in [-0.05, 0) is 44.2 Å². The molecule has 0 spiro atoms. The number of aliphatic hydroxyl groups is 1. The average molecular weight is 479 g/mol.